The number of anilines is 1. The van der Waals surface area contributed by atoms with Gasteiger partial charge in [-0.05, 0) is 12.1 Å². The fourth-order valence-corrected chi connectivity index (χ4v) is 1.33. The highest BCUT2D eigenvalue weighted by Crippen LogP contribution is 2.29. The summed E-state index contributed by atoms with van der Waals surface area (Å²) in [6.07, 6.45) is 0. The number of hydrogen-bond acceptors (Lipinski definition) is 3. The highest BCUT2D eigenvalue weighted by molar-refractivity contribution is 7.80. The lowest BCUT2D eigenvalue weighted by molar-refractivity contribution is 0.355. The van der Waals surface area contributed by atoms with E-state index in [1.54, 1.807) is 18.2 Å². The second kappa shape index (κ2) is 4.83. The van der Waals surface area contributed by atoms with Crippen molar-refractivity contribution >= 4 is 17.0 Å². The molecule has 0 heterocycles. The van der Waals surface area contributed by atoms with Gasteiger partial charge in [-0.3, -0.25) is 9.27 Å². The first-order valence-corrected chi connectivity index (χ1v) is 4.87. The van der Waals surface area contributed by atoms with Gasteiger partial charge in [0.1, 0.15) is 0 Å². The zero-order valence-corrected chi connectivity index (χ0v) is 8.63. The Morgan fingerprint density at radius 3 is 2.43 bits per heavy atom. The molecule has 0 saturated heterocycles. The van der Waals surface area contributed by atoms with Crippen molar-refractivity contribution in [1.82, 2.24) is 0 Å². The molecule has 0 aliphatic rings. The predicted molar refractivity (Wildman–Crippen MR) is 53.9 cm³/mol. The molecule has 0 aromatic heterocycles. The van der Waals surface area contributed by atoms with Gasteiger partial charge < -0.3 is 9.47 Å². The van der Waals surface area contributed by atoms with Crippen LogP contribution >= 0.6 is 0 Å². The summed E-state index contributed by atoms with van der Waals surface area (Å²) in [6, 6.07) is 4.84. The smallest absolute Gasteiger partial charge is 0.259 e. The largest absolute Gasteiger partial charge is 0.493 e. The molecule has 5 nitrogen and oxygen atoms in total. The minimum Gasteiger partial charge on any atom is -0.493 e. The van der Waals surface area contributed by atoms with Crippen molar-refractivity contribution in [1.29, 1.82) is 0 Å². The van der Waals surface area contributed by atoms with Crippen LogP contribution in [-0.2, 0) is 11.3 Å². The molecule has 1 unspecified atom stereocenters. The molecule has 1 rings (SSSR count). The van der Waals surface area contributed by atoms with Gasteiger partial charge in [0, 0.05) is 6.07 Å². The van der Waals surface area contributed by atoms with Crippen molar-refractivity contribution < 1.29 is 18.2 Å². The summed E-state index contributed by atoms with van der Waals surface area (Å²) >= 11 is -2.08. The average Bonchev–Trinajstić information content (AvgIpc) is 2.16. The van der Waals surface area contributed by atoms with Gasteiger partial charge in [0.25, 0.3) is 11.3 Å². The Morgan fingerprint density at radius 2 is 1.93 bits per heavy atom. The van der Waals surface area contributed by atoms with Crippen molar-refractivity contribution in [2.45, 2.75) is 0 Å². The molecule has 0 bridgehead atoms. The molecule has 0 aliphatic heterocycles. The topological polar surface area (TPSA) is 67.8 Å². The van der Waals surface area contributed by atoms with Crippen LogP contribution < -0.4 is 14.2 Å². The molecule has 2 N–H and O–H groups in total. The number of ether oxygens (including phenoxy) is 2. The molecule has 0 spiro atoms. The van der Waals surface area contributed by atoms with E-state index < -0.39 is 11.3 Å². The van der Waals surface area contributed by atoms with E-state index in [9.17, 15) is 4.21 Å². The Labute approximate surface area is 84.5 Å². The molecule has 78 valence electrons. The van der Waals surface area contributed by atoms with E-state index in [4.69, 9.17) is 14.0 Å². The molecule has 1 atom stereocenters. The molecular weight excluding hydrogens is 206 g/mol. The molecule has 6 heteroatoms. The molecule has 0 fully saturated rings. The molecule has 0 radical (unpaired) electrons. The SMILES string of the molecule is COc1ccc(NS(=O)O)cc1OC. The van der Waals surface area contributed by atoms with Crippen molar-refractivity contribution in [3.05, 3.63) is 18.2 Å². The van der Waals surface area contributed by atoms with E-state index in [-0.39, 0.29) is 0 Å². The van der Waals surface area contributed by atoms with Crippen LogP contribution in [0, 0.1) is 0 Å². The van der Waals surface area contributed by atoms with E-state index in [1.807, 2.05) is 0 Å². The van der Waals surface area contributed by atoms with Gasteiger partial charge in [0.05, 0.1) is 19.9 Å². The summed E-state index contributed by atoms with van der Waals surface area (Å²) in [5.41, 5.74) is 0.489. The maximum absolute atomic E-state index is 10.5. The number of nitrogens with one attached hydrogen (secondary N) is 1. The summed E-state index contributed by atoms with van der Waals surface area (Å²) in [5.74, 6) is 1.07. The quantitative estimate of drug-likeness (QED) is 0.745. The molecule has 0 amide bonds. The summed E-state index contributed by atoms with van der Waals surface area (Å²) in [5, 5.41) is 0. The van der Waals surface area contributed by atoms with Crippen LogP contribution in [0.1, 0.15) is 0 Å². The van der Waals surface area contributed by atoms with Crippen molar-refractivity contribution in [2.24, 2.45) is 0 Å². The van der Waals surface area contributed by atoms with E-state index in [2.05, 4.69) is 4.72 Å². The average molecular weight is 217 g/mol. The van der Waals surface area contributed by atoms with Gasteiger partial charge >= 0.3 is 0 Å². The number of benzene rings is 1. The zero-order chi connectivity index (χ0) is 10.6. The second-order valence-electron chi connectivity index (χ2n) is 2.42. The minimum absolute atomic E-state index is 0.489. The monoisotopic (exact) mass is 217 g/mol. The molecule has 1 aromatic rings. The fraction of sp³-hybridized carbons (Fsp3) is 0.250. The van der Waals surface area contributed by atoms with Crippen LogP contribution in [0.25, 0.3) is 0 Å². The Bertz CT molecular complexity index is 342. The standard InChI is InChI=1S/C8H11NO4S/c1-12-7-4-3-6(9-14(10)11)5-8(7)13-2/h3-5,9H,1-2H3,(H,10,11). The van der Waals surface area contributed by atoms with Crippen molar-refractivity contribution in [2.75, 3.05) is 18.9 Å². The first kappa shape index (κ1) is 10.8. The molecular formula is C8H11NO4S. The van der Waals surface area contributed by atoms with Gasteiger partial charge in [-0.15, -0.1) is 0 Å². The van der Waals surface area contributed by atoms with Crippen LogP contribution in [0.15, 0.2) is 18.2 Å². The lowest BCUT2D eigenvalue weighted by Gasteiger charge is -2.08. The Balaban J connectivity index is 2.95. The lowest BCUT2D eigenvalue weighted by atomic mass is 10.3. The van der Waals surface area contributed by atoms with Gasteiger partial charge in [-0.25, -0.2) is 4.21 Å². The third-order valence-corrected chi connectivity index (χ3v) is 2.00. The highest BCUT2D eigenvalue weighted by atomic mass is 32.2. The van der Waals surface area contributed by atoms with Crippen LogP contribution in [0.2, 0.25) is 0 Å². The number of hydrogen-bond donors (Lipinski definition) is 2. The van der Waals surface area contributed by atoms with Gasteiger partial charge in [0.2, 0.25) is 0 Å². The Hall–Kier alpha value is -1.27. The molecule has 1 aromatic carbocycles. The Kier molecular flexibility index (Phi) is 3.73. The highest BCUT2D eigenvalue weighted by Gasteiger charge is 2.04. The van der Waals surface area contributed by atoms with Crippen molar-refractivity contribution in [3.8, 4) is 11.5 Å². The first-order chi connectivity index (χ1) is 6.67. The third-order valence-electron chi connectivity index (χ3n) is 1.59. The van der Waals surface area contributed by atoms with Gasteiger partial charge in [-0.2, -0.15) is 0 Å². The summed E-state index contributed by atoms with van der Waals surface area (Å²) in [7, 11) is 3.02. The van der Waals surface area contributed by atoms with Gasteiger partial charge in [-0.1, -0.05) is 0 Å². The number of methoxy groups -OCH3 is 2. The van der Waals surface area contributed by atoms with Crippen molar-refractivity contribution in [3.63, 3.8) is 0 Å². The van der Waals surface area contributed by atoms with Crippen LogP contribution in [0.4, 0.5) is 5.69 Å². The third kappa shape index (κ3) is 2.61. The predicted octanol–water partition coefficient (Wildman–Crippen LogP) is 1.25. The maximum atomic E-state index is 10.5. The Morgan fingerprint density at radius 1 is 1.29 bits per heavy atom. The first-order valence-electron chi connectivity index (χ1n) is 3.77. The maximum Gasteiger partial charge on any atom is 0.259 e. The number of rotatable bonds is 4. The summed E-state index contributed by atoms with van der Waals surface area (Å²) in [4.78, 5) is 0. The molecule has 0 saturated carbocycles. The van der Waals surface area contributed by atoms with E-state index >= 15 is 0 Å². The van der Waals surface area contributed by atoms with E-state index in [0.29, 0.717) is 17.2 Å². The van der Waals surface area contributed by atoms with E-state index in [0.717, 1.165) is 0 Å². The minimum atomic E-state index is -2.08. The van der Waals surface area contributed by atoms with Gasteiger partial charge in [0.15, 0.2) is 11.5 Å². The molecule has 0 aliphatic carbocycles. The van der Waals surface area contributed by atoms with Crippen LogP contribution in [0.5, 0.6) is 11.5 Å². The van der Waals surface area contributed by atoms with Crippen LogP contribution in [-0.4, -0.2) is 23.0 Å². The lowest BCUT2D eigenvalue weighted by Crippen LogP contribution is -2.02. The zero-order valence-electron chi connectivity index (χ0n) is 7.81. The molecule has 14 heavy (non-hydrogen) atoms. The summed E-state index contributed by atoms with van der Waals surface area (Å²) < 4.78 is 31.4. The summed E-state index contributed by atoms with van der Waals surface area (Å²) in [6.45, 7) is 0. The second-order valence-corrected chi connectivity index (χ2v) is 3.12. The fourth-order valence-electron chi connectivity index (χ4n) is 1.00. The normalized spacial score (nSPS) is 11.9. The van der Waals surface area contributed by atoms with Crippen LogP contribution in [0.3, 0.4) is 0 Å². The van der Waals surface area contributed by atoms with E-state index in [1.165, 1.54) is 14.2 Å².